The van der Waals surface area contributed by atoms with Crippen molar-refractivity contribution in [2.45, 2.75) is 24.8 Å². The number of nitrogens with one attached hydrogen (secondary N) is 1. The van der Waals surface area contributed by atoms with E-state index in [1.807, 2.05) is 6.07 Å². The van der Waals surface area contributed by atoms with Gasteiger partial charge in [-0.15, -0.1) is 0 Å². The highest BCUT2D eigenvalue weighted by Crippen LogP contribution is 2.33. The molecule has 0 bridgehead atoms. The molecule has 2 aliphatic rings. The first-order chi connectivity index (χ1) is 14.8. The summed E-state index contributed by atoms with van der Waals surface area (Å²) in [6, 6.07) is 6.96. The largest absolute Gasteiger partial charge is 0.393 e. The maximum atomic E-state index is 12.1. The molecule has 0 aliphatic carbocycles. The van der Waals surface area contributed by atoms with Crippen LogP contribution in [0.15, 0.2) is 29.2 Å². The third-order valence-electron chi connectivity index (χ3n) is 5.75. The van der Waals surface area contributed by atoms with E-state index in [1.54, 1.807) is 18.2 Å². The number of anilines is 4. The minimum atomic E-state index is -3.34. The lowest BCUT2D eigenvalue weighted by atomic mass is 10.2. The molecule has 0 spiro atoms. The molecule has 1 atom stereocenters. The molecule has 1 aromatic heterocycles. The van der Waals surface area contributed by atoms with Gasteiger partial charge < -0.3 is 25.6 Å². The van der Waals surface area contributed by atoms with Crippen LogP contribution in [-0.4, -0.2) is 64.0 Å². The lowest BCUT2D eigenvalue weighted by Gasteiger charge is -2.29. The van der Waals surface area contributed by atoms with Crippen LogP contribution in [0.4, 0.5) is 23.3 Å². The van der Waals surface area contributed by atoms with Crippen LogP contribution in [0.5, 0.6) is 0 Å². The summed E-state index contributed by atoms with van der Waals surface area (Å²) in [5.74, 6) is 2.46. The third-order valence-corrected chi connectivity index (χ3v) is 6.95. The van der Waals surface area contributed by atoms with Gasteiger partial charge in [0.1, 0.15) is 5.69 Å². The maximum Gasteiger partial charge on any atom is 0.229 e. The second-order valence-electron chi connectivity index (χ2n) is 8.28. The molecule has 0 unspecified atom stereocenters. The number of nitrogens with zero attached hydrogens (tertiary/aromatic N) is 4. The molecule has 31 heavy (non-hydrogen) atoms. The molecular formula is C21H30N6O3S. The highest BCUT2D eigenvalue weighted by Gasteiger charge is 2.26. The number of hydrogen-bond donors (Lipinski definition) is 2. The van der Waals surface area contributed by atoms with Gasteiger partial charge in [0.15, 0.2) is 21.5 Å². The molecule has 0 radical (unpaired) electrons. The van der Waals surface area contributed by atoms with E-state index in [0.717, 1.165) is 38.4 Å². The lowest BCUT2D eigenvalue weighted by Crippen LogP contribution is -2.38. The highest BCUT2D eigenvalue weighted by molar-refractivity contribution is 7.90. The van der Waals surface area contributed by atoms with Crippen LogP contribution >= 0.6 is 0 Å². The van der Waals surface area contributed by atoms with Gasteiger partial charge in [-0.3, -0.25) is 0 Å². The zero-order valence-electron chi connectivity index (χ0n) is 18.0. The summed E-state index contributed by atoms with van der Waals surface area (Å²) in [5, 5.41) is 3.27. The first-order valence-electron chi connectivity index (χ1n) is 10.6. The molecule has 1 aromatic carbocycles. The van der Waals surface area contributed by atoms with Gasteiger partial charge in [-0.25, -0.2) is 8.42 Å². The molecule has 2 fully saturated rings. The molecule has 2 saturated heterocycles. The molecule has 3 heterocycles. The first-order valence-corrected chi connectivity index (χ1v) is 12.5. The Hall–Kier alpha value is -2.59. The number of nitrogen functional groups attached to an aromatic ring is 1. The average Bonchev–Trinajstić information content (AvgIpc) is 3.19. The first kappa shape index (κ1) is 21.6. The van der Waals surface area contributed by atoms with E-state index in [0.29, 0.717) is 53.6 Å². The Bertz CT molecular complexity index is 1040. The number of hydrogen-bond acceptors (Lipinski definition) is 9. The summed E-state index contributed by atoms with van der Waals surface area (Å²) < 4.78 is 29.8. The Morgan fingerprint density at radius 3 is 2.58 bits per heavy atom. The summed E-state index contributed by atoms with van der Waals surface area (Å²) in [5.41, 5.74) is 7.67. The van der Waals surface area contributed by atoms with Gasteiger partial charge in [-0.05, 0) is 24.0 Å². The topological polar surface area (TPSA) is 114 Å². The maximum absolute atomic E-state index is 12.1. The van der Waals surface area contributed by atoms with E-state index in [2.05, 4.69) is 22.0 Å². The van der Waals surface area contributed by atoms with Crippen molar-refractivity contribution < 1.29 is 13.2 Å². The highest BCUT2D eigenvalue weighted by atomic mass is 32.2. The predicted molar refractivity (Wildman–Crippen MR) is 122 cm³/mol. The number of nitrogens with two attached hydrogens (primary N) is 1. The van der Waals surface area contributed by atoms with Crippen LogP contribution in [0.25, 0.3) is 0 Å². The SMILES string of the molecule is C[C@H]1CCN(c2nc(N3CCOCC3)nc(NCc3ccccc3S(C)(=O)=O)c2N)C1. The minimum Gasteiger partial charge on any atom is -0.393 e. The second-order valence-corrected chi connectivity index (χ2v) is 10.3. The Morgan fingerprint density at radius 1 is 1.16 bits per heavy atom. The monoisotopic (exact) mass is 446 g/mol. The quantitative estimate of drug-likeness (QED) is 0.685. The van der Waals surface area contributed by atoms with Crippen molar-refractivity contribution in [3.05, 3.63) is 29.8 Å². The summed E-state index contributed by atoms with van der Waals surface area (Å²) in [6.07, 6.45) is 2.31. The molecule has 2 aliphatic heterocycles. The number of aromatic nitrogens is 2. The van der Waals surface area contributed by atoms with Crippen molar-refractivity contribution in [1.29, 1.82) is 0 Å². The van der Waals surface area contributed by atoms with Gasteiger partial charge >= 0.3 is 0 Å². The molecule has 0 saturated carbocycles. The Labute approximate surface area is 183 Å². The molecule has 168 valence electrons. The number of rotatable bonds is 6. The number of benzene rings is 1. The molecule has 0 amide bonds. The molecule has 4 rings (SSSR count). The van der Waals surface area contributed by atoms with Crippen molar-refractivity contribution in [1.82, 2.24) is 9.97 Å². The third kappa shape index (κ3) is 4.85. The number of morpholine rings is 1. The fraction of sp³-hybridized carbons (Fsp3) is 0.524. The van der Waals surface area contributed by atoms with E-state index in [-0.39, 0.29) is 0 Å². The Morgan fingerprint density at radius 2 is 1.90 bits per heavy atom. The van der Waals surface area contributed by atoms with E-state index < -0.39 is 9.84 Å². The Balaban J connectivity index is 1.66. The van der Waals surface area contributed by atoms with E-state index >= 15 is 0 Å². The molecule has 9 nitrogen and oxygen atoms in total. The second kappa shape index (κ2) is 8.88. The van der Waals surface area contributed by atoms with Crippen LogP contribution in [0.2, 0.25) is 0 Å². The standard InChI is InChI=1S/C21H30N6O3S/c1-15-7-8-27(14-15)20-18(22)19(24-21(25-20)26-9-11-30-12-10-26)23-13-16-5-3-4-6-17(16)31(2,28)29/h3-6,15H,7-14,22H2,1-2H3,(H,23,24,25)/t15-/m0/s1. The molecule has 2 aromatic rings. The minimum absolute atomic E-state index is 0.294. The summed E-state index contributed by atoms with van der Waals surface area (Å²) in [4.78, 5) is 14.1. The van der Waals surface area contributed by atoms with Gasteiger partial charge in [-0.1, -0.05) is 25.1 Å². The fourth-order valence-electron chi connectivity index (χ4n) is 4.04. The van der Waals surface area contributed by atoms with Gasteiger partial charge in [0, 0.05) is 39.0 Å². The summed E-state index contributed by atoms with van der Waals surface area (Å²) >= 11 is 0. The number of ether oxygens (including phenoxy) is 1. The van der Waals surface area contributed by atoms with Crippen LogP contribution in [0.1, 0.15) is 18.9 Å². The van der Waals surface area contributed by atoms with E-state index in [1.165, 1.54) is 6.26 Å². The van der Waals surface area contributed by atoms with Crippen LogP contribution < -0.4 is 20.9 Å². The summed E-state index contributed by atoms with van der Waals surface area (Å²) in [7, 11) is -3.34. The van der Waals surface area contributed by atoms with E-state index in [9.17, 15) is 8.42 Å². The average molecular weight is 447 g/mol. The number of sulfone groups is 1. The molecule has 3 N–H and O–H groups in total. The van der Waals surface area contributed by atoms with Crippen molar-refractivity contribution in [3.8, 4) is 0 Å². The van der Waals surface area contributed by atoms with Crippen molar-refractivity contribution in [3.63, 3.8) is 0 Å². The van der Waals surface area contributed by atoms with Gasteiger partial charge in [0.05, 0.1) is 18.1 Å². The van der Waals surface area contributed by atoms with Gasteiger partial charge in [0.2, 0.25) is 5.95 Å². The van der Waals surface area contributed by atoms with Crippen LogP contribution in [0.3, 0.4) is 0 Å². The lowest BCUT2D eigenvalue weighted by molar-refractivity contribution is 0.122. The zero-order valence-corrected chi connectivity index (χ0v) is 18.9. The smallest absolute Gasteiger partial charge is 0.229 e. The zero-order chi connectivity index (χ0) is 22.0. The molecular weight excluding hydrogens is 416 g/mol. The van der Waals surface area contributed by atoms with Crippen molar-refractivity contribution >= 4 is 33.1 Å². The van der Waals surface area contributed by atoms with E-state index in [4.69, 9.17) is 20.4 Å². The van der Waals surface area contributed by atoms with Gasteiger partial charge in [0.25, 0.3) is 0 Å². The normalized spacial score (nSPS) is 19.6. The van der Waals surface area contributed by atoms with Crippen molar-refractivity contribution in [2.75, 3.05) is 66.5 Å². The fourth-order valence-corrected chi connectivity index (χ4v) is 4.99. The van der Waals surface area contributed by atoms with Crippen LogP contribution in [-0.2, 0) is 21.1 Å². The molecule has 10 heteroatoms. The summed E-state index contributed by atoms with van der Waals surface area (Å²) in [6.45, 7) is 7.03. The predicted octanol–water partition coefficient (Wildman–Crippen LogP) is 1.76. The van der Waals surface area contributed by atoms with Gasteiger partial charge in [-0.2, -0.15) is 9.97 Å². The Kier molecular flexibility index (Phi) is 6.19. The van der Waals surface area contributed by atoms with Crippen LogP contribution in [0, 0.1) is 5.92 Å². The van der Waals surface area contributed by atoms with Crippen molar-refractivity contribution in [2.24, 2.45) is 5.92 Å².